The van der Waals surface area contributed by atoms with E-state index in [4.69, 9.17) is 16.0 Å². The van der Waals surface area contributed by atoms with Gasteiger partial charge in [0.15, 0.2) is 5.76 Å². The largest absolute Gasteiger partial charge is 0.433 e. The summed E-state index contributed by atoms with van der Waals surface area (Å²) in [5, 5.41) is 11.4. The van der Waals surface area contributed by atoms with E-state index in [1.165, 1.54) is 11.0 Å². The number of piperazine rings is 1. The summed E-state index contributed by atoms with van der Waals surface area (Å²) in [6, 6.07) is 11.0. The summed E-state index contributed by atoms with van der Waals surface area (Å²) in [6.45, 7) is 4.45. The van der Waals surface area contributed by atoms with Crippen LogP contribution in [0.3, 0.4) is 0 Å². The lowest BCUT2D eigenvalue weighted by atomic mass is 10.2. The molecule has 0 amide bonds. The van der Waals surface area contributed by atoms with Crippen molar-refractivity contribution in [2.75, 3.05) is 31.1 Å². The number of benzene rings is 1. The first kappa shape index (κ1) is 14.9. The van der Waals surface area contributed by atoms with Crippen LogP contribution in [0.5, 0.6) is 0 Å². The molecule has 22 heavy (non-hydrogen) atoms. The Bertz CT molecular complexity index is 666. The molecule has 2 heterocycles. The number of anilines is 1. The highest BCUT2D eigenvalue weighted by atomic mass is 35.5. The lowest BCUT2D eigenvalue weighted by Gasteiger charge is -2.33. The minimum Gasteiger partial charge on any atom is -0.400 e. The van der Waals surface area contributed by atoms with Crippen molar-refractivity contribution in [3.63, 3.8) is 0 Å². The molecule has 0 radical (unpaired) electrons. The zero-order valence-corrected chi connectivity index (χ0v) is 12.8. The molecule has 1 fully saturated rings. The maximum absolute atomic E-state index is 10.6. The molecule has 1 N–H and O–H groups in total. The molecule has 1 aliphatic heterocycles. The van der Waals surface area contributed by atoms with Gasteiger partial charge in [0.05, 0.1) is 32.2 Å². The molecule has 1 aliphatic rings. The Morgan fingerprint density at radius 1 is 1.27 bits per heavy atom. The number of nitro groups is 1. The van der Waals surface area contributed by atoms with Gasteiger partial charge in [0.25, 0.3) is 0 Å². The summed E-state index contributed by atoms with van der Waals surface area (Å²) in [5.41, 5.74) is 1.14. The minimum atomic E-state index is -0.504. The molecule has 6 nitrogen and oxygen atoms in total. The molecule has 0 bridgehead atoms. The average molecular weight is 323 g/mol. The molecule has 2 aromatic rings. The van der Waals surface area contributed by atoms with Gasteiger partial charge in [0.1, 0.15) is 11.5 Å². The van der Waals surface area contributed by atoms with Gasteiger partial charge in [-0.1, -0.05) is 17.7 Å². The topological polar surface area (TPSA) is 64.0 Å². The second-order valence-corrected chi connectivity index (χ2v) is 5.83. The Labute approximate surface area is 133 Å². The Kier molecular flexibility index (Phi) is 4.31. The summed E-state index contributed by atoms with van der Waals surface area (Å²) in [6.07, 6.45) is 0. The van der Waals surface area contributed by atoms with Gasteiger partial charge in [-0.3, -0.25) is 10.1 Å². The van der Waals surface area contributed by atoms with Crippen LogP contribution in [0.15, 0.2) is 40.8 Å². The van der Waals surface area contributed by atoms with Crippen LogP contribution in [0.25, 0.3) is 0 Å². The number of quaternary nitrogens is 1. The van der Waals surface area contributed by atoms with Crippen LogP contribution in [0.2, 0.25) is 5.02 Å². The van der Waals surface area contributed by atoms with Gasteiger partial charge in [-0.15, -0.1) is 0 Å². The van der Waals surface area contributed by atoms with Gasteiger partial charge in [-0.05, 0) is 24.3 Å². The van der Waals surface area contributed by atoms with Crippen molar-refractivity contribution < 1.29 is 14.2 Å². The third-order valence-corrected chi connectivity index (χ3v) is 4.13. The SMILES string of the molecule is O=[N+]([O-])c1ccc(C[NH+]2CCN(c3cccc(Cl)c3)CC2)o1. The molecule has 0 spiro atoms. The predicted octanol–water partition coefficient (Wildman–Crippen LogP) is 1.75. The van der Waals surface area contributed by atoms with Crippen molar-refractivity contribution in [1.82, 2.24) is 0 Å². The second kappa shape index (κ2) is 6.37. The first-order chi connectivity index (χ1) is 10.6. The van der Waals surface area contributed by atoms with Gasteiger partial charge in [-0.25, -0.2) is 0 Å². The maximum Gasteiger partial charge on any atom is 0.433 e. The zero-order chi connectivity index (χ0) is 15.5. The molecule has 0 aliphatic carbocycles. The highest BCUT2D eigenvalue weighted by Crippen LogP contribution is 2.19. The zero-order valence-electron chi connectivity index (χ0n) is 12.0. The Morgan fingerprint density at radius 2 is 2.05 bits per heavy atom. The maximum atomic E-state index is 10.6. The van der Waals surface area contributed by atoms with E-state index >= 15 is 0 Å². The fourth-order valence-corrected chi connectivity index (χ4v) is 2.92. The first-order valence-corrected chi connectivity index (χ1v) is 7.57. The normalized spacial score (nSPS) is 16.0. The molecular formula is C15H17ClN3O3+. The average Bonchev–Trinajstić information content (AvgIpc) is 2.97. The molecule has 7 heteroatoms. The third kappa shape index (κ3) is 3.40. The van der Waals surface area contributed by atoms with Gasteiger partial charge >= 0.3 is 5.88 Å². The molecule has 1 aromatic carbocycles. The van der Waals surface area contributed by atoms with Crippen molar-refractivity contribution in [1.29, 1.82) is 0 Å². The van der Waals surface area contributed by atoms with Crippen molar-refractivity contribution in [3.8, 4) is 0 Å². The number of hydrogen-bond donors (Lipinski definition) is 1. The van der Waals surface area contributed by atoms with Crippen molar-refractivity contribution in [3.05, 3.63) is 57.3 Å². The van der Waals surface area contributed by atoms with E-state index in [2.05, 4.69) is 11.0 Å². The standard InChI is InChI=1S/C15H16ClN3O3/c16-12-2-1-3-13(10-12)18-8-6-17(7-9-18)11-14-4-5-15(22-14)19(20)21/h1-5,10H,6-9,11H2/p+1. The number of rotatable bonds is 4. The molecule has 0 atom stereocenters. The Balaban J connectivity index is 1.56. The molecule has 3 rings (SSSR count). The van der Waals surface area contributed by atoms with E-state index < -0.39 is 4.92 Å². The summed E-state index contributed by atoms with van der Waals surface area (Å²) in [5.74, 6) is 0.477. The van der Waals surface area contributed by atoms with Crippen molar-refractivity contribution >= 4 is 23.2 Å². The van der Waals surface area contributed by atoms with Crippen molar-refractivity contribution in [2.24, 2.45) is 0 Å². The monoisotopic (exact) mass is 322 g/mol. The van der Waals surface area contributed by atoms with E-state index in [0.29, 0.717) is 12.3 Å². The van der Waals surface area contributed by atoms with Crippen LogP contribution in [0.1, 0.15) is 5.76 Å². The van der Waals surface area contributed by atoms with Gasteiger partial charge < -0.3 is 14.2 Å². The first-order valence-electron chi connectivity index (χ1n) is 7.19. The summed E-state index contributed by atoms with van der Waals surface area (Å²) >= 11 is 6.03. The van der Waals surface area contributed by atoms with E-state index in [1.54, 1.807) is 6.07 Å². The number of nitrogens with zero attached hydrogens (tertiary/aromatic N) is 2. The molecule has 1 saturated heterocycles. The predicted molar refractivity (Wildman–Crippen MR) is 83.4 cm³/mol. The number of hydrogen-bond acceptors (Lipinski definition) is 4. The second-order valence-electron chi connectivity index (χ2n) is 5.39. The van der Waals surface area contributed by atoms with E-state index in [9.17, 15) is 10.1 Å². The minimum absolute atomic E-state index is 0.188. The molecule has 0 saturated carbocycles. The smallest absolute Gasteiger partial charge is 0.400 e. The van der Waals surface area contributed by atoms with Gasteiger partial charge in [0.2, 0.25) is 0 Å². The Morgan fingerprint density at radius 3 is 2.68 bits per heavy atom. The molecule has 0 unspecified atom stereocenters. The summed E-state index contributed by atoms with van der Waals surface area (Å²) in [4.78, 5) is 13.8. The lowest BCUT2D eigenvalue weighted by molar-refractivity contribution is -0.915. The molecular weight excluding hydrogens is 306 g/mol. The number of nitrogens with one attached hydrogen (secondary N) is 1. The van der Waals surface area contributed by atoms with Crippen LogP contribution in [0, 0.1) is 10.1 Å². The van der Waals surface area contributed by atoms with Crippen LogP contribution in [0.4, 0.5) is 11.6 Å². The van der Waals surface area contributed by atoms with E-state index in [0.717, 1.165) is 36.9 Å². The third-order valence-electron chi connectivity index (χ3n) is 3.90. The van der Waals surface area contributed by atoms with Crippen molar-refractivity contribution in [2.45, 2.75) is 6.54 Å². The van der Waals surface area contributed by atoms with E-state index in [1.807, 2.05) is 18.2 Å². The van der Waals surface area contributed by atoms with Gasteiger partial charge in [-0.2, -0.15) is 0 Å². The molecule has 1 aromatic heterocycles. The van der Waals surface area contributed by atoms with Crippen LogP contribution in [-0.2, 0) is 6.54 Å². The molecule has 116 valence electrons. The lowest BCUT2D eigenvalue weighted by Crippen LogP contribution is -3.13. The highest BCUT2D eigenvalue weighted by molar-refractivity contribution is 6.30. The number of halogens is 1. The highest BCUT2D eigenvalue weighted by Gasteiger charge is 2.22. The van der Waals surface area contributed by atoms with Crippen LogP contribution < -0.4 is 9.80 Å². The Hall–Kier alpha value is -2.05. The summed E-state index contributed by atoms with van der Waals surface area (Å²) < 4.78 is 5.22. The quantitative estimate of drug-likeness (QED) is 0.688. The summed E-state index contributed by atoms with van der Waals surface area (Å²) in [7, 11) is 0. The number of furan rings is 1. The van der Waals surface area contributed by atoms with Crippen LogP contribution >= 0.6 is 11.6 Å². The van der Waals surface area contributed by atoms with E-state index in [-0.39, 0.29) is 5.88 Å². The fourth-order valence-electron chi connectivity index (χ4n) is 2.74. The van der Waals surface area contributed by atoms with Crippen LogP contribution in [-0.4, -0.2) is 31.1 Å². The fraction of sp³-hybridized carbons (Fsp3) is 0.333. The van der Waals surface area contributed by atoms with Gasteiger partial charge in [0, 0.05) is 10.7 Å².